The Bertz CT molecular complexity index is 660. The number of hydrogen-bond donors (Lipinski definition) is 1. The van der Waals surface area contributed by atoms with E-state index in [2.05, 4.69) is 25.5 Å². The molecule has 0 unspecified atom stereocenters. The Morgan fingerprint density at radius 2 is 2.11 bits per heavy atom. The molecule has 8 nitrogen and oxygen atoms in total. The van der Waals surface area contributed by atoms with Crippen molar-refractivity contribution < 1.29 is 9.32 Å². The van der Waals surface area contributed by atoms with E-state index in [9.17, 15) is 4.79 Å². The standard InChI is InChI=1S/C11H8N6O2/c18-10(9-2-4-15-19-9)16-8-6-12-11(13-7-8)17-5-1-3-14-17/h1-7H,(H,16,18). The average Bonchev–Trinajstić information content (AvgIpc) is 3.13. The molecule has 0 aromatic carbocycles. The summed E-state index contributed by atoms with van der Waals surface area (Å²) in [6.07, 6.45) is 7.72. The van der Waals surface area contributed by atoms with Crippen molar-refractivity contribution in [3.63, 3.8) is 0 Å². The lowest BCUT2D eigenvalue weighted by Crippen LogP contribution is -2.12. The molecule has 0 atom stereocenters. The number of rotatable bonds is 3. The maximum Gasteiger partial charge on any atom is 0.294 e. The van der Waals surface area contributed by atoms with E-state index in [1.807, 2.05) is 0 Å². The molecule has 3 aromatic heterocycles. The second-order valence-corrected chi connectivity index (χ2v) is 3.55. The van der Waals surface area contributed by atoms with Crippen LogP contribution in [0.5, 0.6) is 0 Å². The maximum absolute atomic E-state index is 11.7. The molecule has 19 heavy (non-hydrogen) atoms. The van der Waals surface area contributed by atoms with Crippen LogP contribution in [0.1, 0.15) is 10.6 Å². The second kappa shape index (κ2) is 4.69. The van der Waals surface area contributed by atoms with Crippen LogP contribution in [0.15, 0.2) is 47.6 Å². The Balaban J connectivity index is 1.75. The minimum Gasteiger partial charge on any atom is -0.351 e. The number of hydrogen-bond acceptors (Lipinski definition) is 6. The number of nitrogens with one attached hydrogen (secondary N) is 1. The first kappa shape index (κ1) is 11.1. The summed E-state index contributed by atoms with van der Waals surface area (Å²) in [7, 11) is 0. The van der Waals surface area contributed by atoms with Gasteiger partial charge in [0.2, 0.25) is 5.76 Å². The lowest BCUT2D eigenvalue weighted by molar-refractivity contribution is 0.0988. The molecule has 8 heteroatoms. The van der Waals surface area contributed by atoms with Crippen LogP contribution in [-0.2, 0) is 0 Å². The van der Waals surface area contributed by atoms with Crippen LogP contribution in [0.2, 0.25) is 0 Å². The molecule has 0 bridgehead atoms. The highest BCUT2D eigenvalue weighted by Gasteiger charge is 2.10. The quantitative estimate of drug-likeness (QED) is 0.747. The van der Waals surface area contributed by atoms with Gasteiger partial charge < -0.3 is 9.84 Å². The van der Waals surface area contributed by atoms with E-state index in [0.717, 1.165) is 0 Å². The van der Waals surface area contributed by atoms with Crippen molar-refractivity contribution in [3.8, 4) is 5.95 Å². The second-order valence-electron chi connectivity index (χ2n) is 3.55. The zero-order chi connectivity index (χ0) is 13.1. The van der Waals surface area contributed by atoms with Crippen molar-refractivity contribution in [2.45, 2.75) is 0 Å². The topological polar surface area (TPSA) is 98.7 Å². The van der Waals surface area contributed by atoms with Crippen molar-refractivity contribution >= 4 is 11.6 Å². The van der Waals surface area contributed by atoms with Crippen LogP contribution < -0.4 is 5.32 Å². The third-order valence-corrected chi connectivity index (χ3v) is 2.27. The first-order valence-electron chi connectivity index (χ1n) is 5.37. The highest BCUT2D eigenvalue weighted by molar-refractivity contribution is 6.01. The predicted molar refractivity (Wildman–Crippen MR) is 63.6 cm³/mol. The highest BCUT2D eigenvalue weighted by atomic mass is 16.5. The molecule has 3 heterocycles. The van der Waals surface area contributed by atoms with Gasteiger partial charge >= 0.3 is 0 Å². The fraction of sp³-hybridized carbons (Fsp3) is 0. The van der Waals surface area contributed by atoms with Gasteiger partial charge in [0, 0.05) is 18.5 Å². The molecule has 1 amide bonds. The molecule has 0 spiro atoms. The SMILES string of the molecule is O=C(Nc1cnc(-n2cccn2)nc1)c1ccno1. The minimum absolute atomic E-state index is 0.121. The summed E-state index contributed by atoms with van der Waals surface area (Å²) in [6.45, 7) is 0. The van der Waals surface area contributed by atoms with Gasteiger partial charge in [0.25, 0.3) is 11.9 Å². The zero-order valence-corrected chi connectivity index (χ0v) is 9.59. The van der Waals surface area contributed by atoms with Crippen molar-refractivity contribution in [1.29, 1.82) is 0 Å². The van der Waals surface area contributed by atoms with E-state index in [-0.39, 0.29) is 5.76 Å². The number of carbonyl (C=O) groups excluding carboxylic acids is 1. The molecular formula is C11H8N6O2. The van der Waals surface area contributed by atoms with E-state index in [4.69, 9.17) is 4.52 Å². The molecule has 3 aromatic rings. The molecule has 0 saturated heterocycles. The molecule has 0 aliphatic carbocycles. The zero-order valence-electron chi connectivity index (χ0n) is 9.59. The molecule has 3 rings (SSSR count). The van der Waals surface area contributed by atoms with E-state index >= 15 is 0 Å². The lowest BCUT2D eigenvalue weighted by atomic mass is 10.4. The van der Waals surface area contributed by atoms with Gasteiger partial charge in [-0.3, -0.25) is 4.79 Å². The summed E-state index contributed by atoms with van der Waals surface area (Å²) >= 11 is 0. The number of nitrogens with zero attached hydrogens (tertiary/aromatic N) is 5. The highest BCUT2D eigenvalue weighted by Crippen LogP contribution is 2.07. The Morgan fingerprint density at radius 1 is 1.26 bits per heavy atom. The summed E-state index contributed by atoms with van der Waals surface area (Å²) in [5.41, 5.74) is 0.456. The lowest BCUT2D eigenvalue weighted by Gasteiger charge is -2.03. The van der Waals surface area contributed by atoms with Crippen molar-refractivity contribution in [3.05, 3.63) is 48.9 Å². The molecular weight excluding hydrogens is 248 g/mol. The number of carbonyl (C=O) groups is 1. The average molecular weight is 256 g/mol. The molecule has 0 aliphatic heterocycles. The van der Waals surface area contributed by atoms with Crippen molar-refractivity contribution in [1.82, 2.24) is 24.9 Å². The molecule has 1 N–H and O–H groups in total. The molecule has 0 radical (unpaired) electrons. The summed E-state index contributed by atoms with van der Waals surface area (Å²) in [6, 6.07) is 3.23. The van der Waals surface area contributed by atoms with Gasteiger partial charge in [-0.2, -0.15) is 5.10 Å². The van der Waals surface area contributed by atoms with Crippen molar-refractivity contribution in [2.24, 2.45) is 0 Å². The Kier molecular flexibility index (Phi) is 2.73. The van der Waals surface area contributed by atoms with Gasteiger partial charge in [-0.1, -0.05) is 5.16 Å². The third-order valence-electron chi connectivity index (χ3n) is 2.27. The Labute approximate surface area is 107 Å². The van der Waals surface area contributed by atoms with E-state index in [1.165, 1.54) is 29.3 Å². The van der Waals surface area contributed by atoms with E-state index < -0.39 is 5.91 Å². The Hall–Kier alpha value is -3.03. The third kappa shape index (κ3) is 2.32. The minimum atomic E-state index is -0.409. The Morgan fingerprint density at radius 3 is 2.74 bits per heavy atom. The molecule has 0 aliphatic rings. The van der Waals surface area contributed by atoms with Crippen LogP contribution in [0.25, 0.3) is 5.95 Å². The summed E-state index contributed by atoms with van der Waals surface area (Å²) in [5, 5.41) is 10.0. The summed E-state index contributed by atoms with van der Waals surface area (Å²) in [4.78, 5) is 19.8. The van der Waals surface area contributed by atoms with Gasteiger partial charge in [0.05, 0.1) is 24.3 Å². The van der Waals surface area contributed by atoms with E-state index in [0.29, 0.717) is 11.6 Å². The maximum atomic E-state index is 11.7. The fourth-order valence-corrected chi connectivity index (χ4v) is 1.42. The van der Waals surface area contributed by atoms with Crippen LogP contribution in [0.4, 0.5) is 5.69 Å². The normalized spacial score (nSPS) is 10.3. The van der Waals surface area contributed by atoms with Gasteiger partial charge in [0.15, 0.2) is 0 Å². The van der Waals surface area contributed by atoms with Crippen LogP contribution >= 0.6 is 0 Å². The van der Waals surface area contributed by atoms with Gasteiger partial charge in [0.1, 0.15) is 0 Å². The van der Waals surface area contributed by atoms with Gasteiger partial charge in [-0.05, 0) is 6.07 Å². The van der Waals surface area contributed by atoms with Crippen LogP contribution in [0.3, 0.4) is 0 Å². The van der Waals surface area contributed by atoms with E-state index in [1.54, 1.807) is 18.5 Å². The van der Waals surface area contributed by atoms with Gasteiger partial charge in [-0.25, -0.2) is 14.6 Å². The number of amides is 1. The van der Waals surface area contributed by atoms with Gasteiger partial charge in [-0.15, -0.1) is 0 Å². The largest absolute Gasteiger partial charge is 0.351 e. The molecule has 94 valence electrons. The number of anilines is 1. The number of aromatic nitrogens is 5. The smallest absolute Gasteiger partial charge is 0.294 e. The van der Waals surface area contributed by atoms with Crippen molar-refractivity contribution in [2.75, 3.05) is 5.32 Å². The summed E-state index contributed by atoms with van der Waals surface area (Å²) < 4.78 is 6.25. The molecule has 0 saturated carbocycles. The monoisotopic (exact) mass is 256 g/mol. The molecule has 0 fully saturated rings. The van der Waals surface area contributed by atoms with Crippen LogP contribution in [-0.4, -0.2) is 30.8 Å². The fourth-order valence-electron chi connectivity index (χ4n) is 1.42. The summed E-state index contributed by atoms with van der Waals surface area (Å²) in [5.74, 6) is 0.131. The van der Waals surface area contributed by atoms with Crippen LogP contribution in [0, 0.1) is 0 Å². The predicted octanol–water partition coefficient (Wildman–Crippen LogP) is 0.903. The first-order chi connectivity index (χ1) is 9.33. The first-order valence-corrected chi connectivity index (χ1v) is 5.37.